The maximum atomic E-state index is 12.1. The van der Waals surface area contributed by atoms with Gasteiger partial charge in [0.2, 0.25) is 0 Å². The molecular weight excluding hydrogens is 245 g/mol. The number of halogens is 3. The molecule has 0 radical (unpaired) electrons. The first-order chi connectivity index (χ1) is 8.39. The highest BCUT2D eigenvalue weighted by Crippen LogP contribution is 2.26. The molecule has 0 unspecified atom stereocenters. The molecule has 0 saturated carbocycles. The summed E-state index contributed by atoms with van der Waals surface area (Å²) in [6.07, 6.45) is -4.69. The second kappa shape index (κ2) is 4.45. The van der Waals surface area contributed by atoms with Gasteiger partial charge in [0, 0.05) is 17.6 Å². The minimum atomic E-state index is -4.69. The van der Waals surface area contributed by atoms with Gasteiger partial charge in [-0.15, -0.1) is 13.2 Å². The average Bonchev–Trinajstić information content (AvgIpc) is 2.26. The first-order valence-electron chi connectivity index (χ1n) is 5.25. The summed E-state index contributed by atoms with van der Waals surface area (Å²) in [6, 6.07) is 5.75. The van der Waals surface area contributed by atoms with Crippen LogP contribution in [-0.4, -0.2) is 11.3 Å². The molecule has 0 spiro atoms. The molecule has 0 aliphatic carbocycles. The molecule has 0 atom stereocenters. The summed E-state index contributed by atoms with van der Waals surface area (Å²) >= 11 is 0. The van der Waals surface area contributed by atoms with Crippen molar-refractivity contribution in [1.82, 2.24) is 4.98 Å². The van der Waals surface area contributed by atoms with Crippen LogP contribution in [-0.2, 0) is 6.54 Å². The van der Waals surface area contributed by atoms with Crippen LogP contribution in [0.5, 0.6) is 5.75 Å². The number of nitrogens with two attached hydrogens (primary N) is 1. The van der Waals surface area contributed by atoms with Crippen molar-refractivity contribution in [2.45, 2.75) is 19.8 Å². The Labute approximate surface area is 101 Å². The summed E-state index contributed by atoms with van der Waals surface area (Å²) in [5.41, 5.74) is 7.71. The number of pyridine rings is 1. The molecule has 1 aromatic heterocycles. The van der Waals surface area contributed by atoms with Crippen LogP contribution < -0.4 is 10.5 Å². The lowest BCUT2D eigenvalue weighted by molar-refractivity contribution is -0.274. The Hall–Kier alpha value is -1.82. The Bertz CT molecular complexity index is 581. The maximum absolute atomic E-state index is 12.1. The monoisotopic (exact) mass is 256 g/mol. The van der Waals surface area contributed by atoms with E-state index in [4.69, 9.17) is 5.73 Å². The van der Waals surface area contributed by atoms with E-state index in [9.17, 15) is 13.2 Å². The number of hydrogen-bond acceptors (Lipinski definition) is 3. The van der Waals surface area contributed by atoms with Gasteiger partial charge in [0.05, 0.1) is 5.52 Å². The van der Waals surface area contributed by atoms with E-state index < -0.39 is 6.36 Å². The fraction of sp³-hybridized carbons (Fsp3) is 0.250. The Morgan fingerprint density at radius 2 is 2.00 bits per heavy atom. The first kappa shape index (κ1) is 12.6. The molecule has 2 aromatic rings. The van der Waals surface area contributed by atoms with Crippen molar-refractivity contribution >= 4 is 10.9 Å². The summed E-state index contributed by atoms with van der Waals surface area (Å²) in [5, 5.41) is 0.572. The van der Waals surface area contributed by atoms with Crippen molar-refractivity contribution in [3.63, 3.8) is 0 Å². The lowest BCUT2D eigenvalue weighted by Gasteiger charge is -2.10. The number of nitrogens with zero attached hydrogens (tertiary/aromatic N) is 1. The molecule has 1 aromatic carbocycles. The fourth-order valence-electron chi connectivity index (χ4n) is 1.70. The van der Waals surface area contributed by atoms with E-state index in [0.29, 0.717) is 17.4 Å². The molecule has 1 heterocycles. The highest BCUT2D eigenvalue weighted by Gasteiger charge is 2.31. The Balaban J connectivity index is 2.47. The van der Waals surface area contributed by atoms with Gasteiger partial charge < -0.3 is 10.5 Å². The maximum Gasteiger partial charge on any atom is 0.573 e. The van der Waals surface area contributed by atoms with Crippen LogP contribution in [0.4, 0.5) is 13.2 Å². The zero-order chi connectivity index (χ0) is 13.3. The summed E-state index contributed by atoms with van der Waals surface area (Å²) in [5.74, 6) is -0.261. The van der Waals surface area contributed by atoms with E-state index in [1.54, 1.807) is 6.07 Å². The van der Waals surface area contributed by atoms with Gasteiger partial charge in [0.1, 0.15) is 5.75 Å². The fourth-order valence-corrected chi connectivity index (χ4v) is 1.70. The Kier molecular flexibility index (Phi) is 3.13. The molecule has 6 heteroatoms. The van der Waals surface area contributed by atoms with Crippen LogP contribution in [0.3, 0.4) is 0 Å². The lowest BCUT2D eigenvalue weighted by atomic mass is 10.1. The van der Waals surface area contributed by atoms with Gasteiger partial charge in [-0.25, -0.2) is 0 Å². The number of alkyl halides is 3. The molecule has 0 fully saturated rings. The summed E-state index contributed by atoms with van der Waals surface area (Å²) in [4.78, 5) is 4.27. The second-order valence-corrected chi connectivity index (χ2v) is 3.84. The zero-order valence-corrected chi connectivity index (χ0v) is 9.58. The standard InChI is InChI=1S/C12H11F3N2O/c1-7-9(6-16)4-8-5-10(18-12(13,14)15)2-3-11(8)17-7/h2-5H,6,16H2,1H3. The number of fused-ring (bicyclic) bond motifs is 1. The quantitative estimate of drug-likeness (QED) is 0.898. The highest BCUT2D eigenvalue weighted by atomic mass is 19.4. The summed E-state index contributed by atoms with van der Waals surface area (Å²) in [6.45, 7) is 2.10. The van der Waals surface area contributed by atoms with Gasteiger partial charge in [-0.1, -0.05) is 0 Å². The van der Waals surface area contributed by atoms with Gasteiger partial charge in [-0.2, -0.15) is 0 Å². The molecule has 18 heavy (non-hydrogen) atoms. The largest absolute Gasteiger partial charge is 0.573 e. The van der Waals surface area contributed by atoms with E-state index >= 15 is 0 Å². The normalized spacial score (nSPS) is 11.8. The van der Waals surface area contributed by atoms with Gasteiger partial charge in [-0.05, 0) is 36.8 Å². The van der Waals surface area contributed by atoms with Crippen LogP contribution in [0.25, 0.3) is 10.9 Å². The third-order valence-electron chi connectivity index (χ3n) is 2.54. The van der Waals surface area contributed by atoms with Crippen molar-refractivity contribution in [3.05, 3.63) is 35.5 Å². The average molecular weight is 256 g/mol. The molecule has 0 aliphatic heterocycles. The van der Waals surface area contributed by atoms with Gasteiger partial charge >= 0.3 is 6.36 Å². The third kappa shape index (κ3) is 2.70. The number of rotatable bonds is 2. The predicted molar refractivity (Wildman–Crippen MR) is 61.1 cm³/mol. The molecule has 2 rings (SSSR count). The summed E-state index contributed by atoms with van der Waals surface area (Å²) < 4.78 is 40.1. The molecule has 0 bridgehead atoms. The van der Waals surface area contributed by atoms with Crippen molar-refractivity contribution in [3.8, 4) is 5.75 Å². The predicted octanol–water partition coefficient (Wildman–Crippen LogP) is 2.90. The van der Waals surface area contributed by atoms with Crippen LogP contribution in [0.2, 0.25) is 0 Å². The first-order valence-corrected chi connectivity index (χ1v) is 5.25. The van der Waals surface area contributed by atoms with Crippen LogP contribution in [0, 0.1) is 6.92 Å². The molecule has 0 aliphatic rings. The molecule has 0 saturated heterocycles. The number of benzene rings is 1. The molecule has 3 nitrogen and oxygen atoms in total. The minimum Gasteiger partial charge on any atom is -0.406 e. The molecule has 2 N–H and O–H groups in total. The van der Waals surface area contributed by atoms with Crippen molar-refractivity contribution in [1.29, 1.82) is 0 Å². The number of aromatic nitrogens is 1. The van der Waals surface area contributed by atoms with E-state index in [-0.39, 0.29) is 5.75 Å². The SMILES string of the molecule is Cc1nc2ccc(OC(F)(F)F)cc2cc1CN. The van der Waals surface area contributed by atoms with Crippen LogP contribution in [0.1, 0.15) is 11.3 Å². The number of aryl methyl sites for hydroxylation is 1. The van der Waals surface area contributed by atoms with Crippen molar-refractivity contribution in [2.24, 2.45) is 5.73 Å². The van der Waals surface area contributed by atoms with Gasteiger partial charge in [0.15, 0.2) is 0 Å². The van der Waals surface area contributed by atoms with E-state index in [2.05, 4.69) is 9.72 Å². The van der Waals surface area contributed by atoms with E-state index in [1.807, 2.05) is 6.92 Å². The Morgan fingerprint density at radius 1 is 1.28 bits per heavy atom. The van der Waals surface area contributed by atoms with Crippen molar-refractivity contribution in [2.75, 3.05) is 0 Å². The number of hydrogen-bond donors (Lipinski definition) is 1. The third-order valence-corrected chi connectivity index (χ3v) is 2.54. The summed E-state index contributed by atoms with van der Waals surface area (Å²) in [7, 11) is 0. The van der Waals surface area contributed by atoms with E-state index in [1.165, 1.54) is 18.2 Å². The molecule has 0 amide bonds. The zero-order valence-electron chi connectivity index (χ0n) is 9.58. The second-order valence-electron chi connectivity index (χ2n) is 3.84. The van der Waals surface area contributed by atoms with Crippen molar-refractivity contribution < 1.29 is 17.9 Å². The Morgan fingerprint density at radius 3 is 2.61 bits per heavy atom. The van der Waals surface area contributed by atoms with Gasteiger partial charge in [-0.3, -0.25) is 4.98 Å². The topological polar surface area (TPSA) is 48.1 Å². The van der Waals surface area contributed by atoms with Gasteiger partial charge in [0.25, 0.3) is 0 Å². The van der Waals surface area contributed by atoms with Crippen LogP contribution in [0.15, 0.2) is 24.3 Å². The smallest absolute Gasteiger partial charge is 0.406 e. The minimum absolute atomic E-state index is 0.261. The lowest BCUT2D eigenvalue weighted by Crippen LogP contribution is -2.17. The van der Waals surface area contributed by atoms with E-state index in [0.717, 1.165) is 11.3 Å². The highest BCUT2D eigenvalue weighted by molar-refractivity contribution is 5.81. The van der Waals surface area contributed by atoms with Crippen LogP contribution >= 0.6 is 0 Å². The molecule has 96 valence electrons. The number of ether oxygens (including phenoxy) is 1. The molecular formula is C12H11F3N2O.